The predicted molar refractivity (Wildman–Crippen MR) is 267 cm³/mol. The van der Waals surface area contributed by atoms with Gasteiger partial charge >= 0.3 is 0 Å². The van der Waals surface area contributed by atoms with Crippen molar-refractivity contribution in [1.29, 1.82) is 0 Å². The molecule has 0 saturated carbocycles. The molecule has 0 radical (unpaired) electrons. The highest BCUT2D eigenvalue weighted by atomic mass is 15.2. The summed E-state index contributed by atoms with van der Waals surface area (Å²) in [7, 11) is 0. The minimum Gasteiger partial charge on any atom is -0.311 e. The molecule has 0 bridgehead atoms. The summed E-state index contributed by atoms with van der Waals surface area (Å²) < 4.78 is 0. The molecule has 0 fully saturated rings. The second-order valence-electron chi connectivity index (χ2n) is 20.8. The molecule has 3 heteroatoms. The van der Waals surface area contributed by atoms with Crippen molar-refractivity contribution in [3.63, 3.8) is 0 Å². The average molecular weight is 807 g/mol. The Kier molecular flexibility index (Phi) is 9.24. The van der Waals surface area contributed by atoms with E-state index in [4.69, 9.17) is 0 Å². The fourth-order valence-electron chi connectivity index (χ4n) is 11.3. The van der Waals surface area contributed by atoms with Crippen LogP contribution in [0.1, 0.15) is 106 Å². The molecule has 0 saturated heterocycles. The highest BCUT2D eigenvalue weighted by Gasteiger charge is 2.45. The number of hydrogen-bond donors (Lipinski definition) is 0. The molecule has 62 heavy (non-hydrogen) atoms. The molecule has 0 N–H and O–H groups in total. The number of rotatable bonds is 4. The third-order valence-electron chi connectivity index (χ3n) is 14.5. The summed E-state index contributed by atoms with van der Waals surface area (Å²) >= 11 is 0. The van der Waals surface area contributed by atoms with Crippen molar-refractivity contribution >= 4 is 57.2 Å². The van der Waals surface area contributed by atoms with Gasteiger partial charge < -0.3 is 9.80 Å². The molecule has 11 rings (SSSR count). The number of benzene rings is 7. The molecule has 2 aliphatic carbocycles. The SMILES string of the molecule is Cc1cc2c3c(c1)N(c1c4c(cc5c1CCCC5)CCCC4)c1ccc(C(C)(C)C)cc1B3c1cc(C(C)(C)C)ccc1N2c1cc(-c2ccccc2)cc(-c2ccccc2)c1. The second kappa shape index (κ2) is 14.7. The van der Waals surface area contributed by atoms with E-state index in [1.54, 1.807) is 22.3 Å². The van der Waals surface area contributed by atoms with Crippen LogP contribution in [0.5, 0.6) is 0 Å². The standard InChI is InChI=1S/C59H59BN2/c1-38-30-54-56-55(31-38)62(57-48-24-16-14-22-41(48)32-42-23-15-17-25-49(42)57)53-29-27-46(59(5,6)7)37-51(53)60(56)50-36-45(58(2,3)4)26-28-52(50)61(54)47-34-43(39-18-10-8-11-19-39)33-44(35-47)40-20-12-9-13-21-40/h8-13,18-21,26-37H,14-17,22-25H2,1-7H3. The Morgan fingerprint density at radius 3 is 1.40 bits per heavy atom. The van der Waals surface area contributed by atoms with Gasteiger partial charge in [-0.1, -0.05) is 133 Å². The van der Waals surface area contributed by atoms with Crippen LogP contribution >= 0.6 is 0 Å². The molecule has 0 aromatic heterocycles. The Hall–Kier alpha value is -5.80. The minimum absolute atomic E-state index is 0.00380. The van der Waals surface area contributed by atoms with Gasteiger partial charge in [-0.3, -0.25) is 0 Å². The van der Waals surface area contributed by atoms with Gasteiger partial charge in [-0.2, -0.15) is 0 Å². The van der Waals surface area contributed by atoms with Crippen LogP contribution < -0.4 is 26.2 Å². The van der Waals surface area contributed by atoms with Gasteiger partial charge in [-0.25, -0.2) is 0 Å². The van der Waals surface area contributed by atoms with Crippen molar-refractivity contribution in [2.45, 2.75) is 111 Å². The van der Waals surface area contributed by atoms with Crippen LogP contribution in [0.15, 0.2) is 133 Å². The van der Waals surface area contributed by atoms with E-state index < -0.39 is 0 Å². The summed E-state index contributed by atoms with van der Waals surface area (Å²) in [4.78, 5) is 5.43. The normalized spacial score (nSPS) is 15.4. The van der Waals surface area contributed by atoms with Crippen molar-refractivity contribution in [2.24, 2.45) is 0 Å². The highest BCUT2D eigenvalue weighted by molar-refractivity contribution is 7.00. The summed E-state index contributed by atoms with van der Waals surface area (Å²) in [5.74, 6) is 0. The van der Waals surface area contributed by atoms with Gasteiger partial charge in [0.1, 0.15) is 0 Å². The van der Waals surface area contributed by atoms with Crippen molar-refractivity contribution < 1.29 is 0 Å². The van der Waals surface area contributed by atoms with Crippen molar-refractivity contribution in [3.8, 4) is 22.3 Å². The first kappa shape index (κ1) is 39.1. The van der Waals surface area contributed by atoms with E-state index in [0.717, 1.165) is 12.8 Å². The zero-order valence-electron chi connectivity index (χ0n) is 37.8. The topological polar surface area (TPSA) is 6.48 Å². The van der Waals surface area contributed by atoms with Crippen LogP contribution in [0.2, 0.25) is 0 Å². The lowest BCUT2D eigenvalue weighted by Gasteiger charge is -2.46. The van der Waals surface area contributed by atoms with Crippen LogP contribution in [0.3, 0.4) is 0 Å². The molecule has 7 aromatic rings. The third kappa shape index (κ3) is 6.45. The predicted octanol–water partition coefficient (Wildman–Crippen LogP) is 13.8. The molecular weight excluding hydrogens is 747 g/mol. The molecular formula is C59H59BN2. The van der Waals surface area contributed by atoms with E-state index in [1.807, 2.05) is 0 Å². The van der Waals surface area contributed by atoms with Crippen molar-refractivity contribution in [3.05, 3.63) is 172 Å². The molecule has 2 nitrogen and oxygen atoms in total. The highest BCUT2D eigenvalue weighted by Crippen LogP contribution is 2.50. The van der Waals surface area contributed by atoms with Gasteiger partial charge in [0, 0.05) is 28.4 Å². The zero-order valence-corrected chi connectivity index (χ0v) is 37.8. The number of fused-ring (bicyclic) bond motifs is 6. The van der Waals surface area contributed by atoms with E-state index in [2.05, 4.69) is 192 Å². The summed E-state index contributed by atoms with van der Waals surface area (Å²) in [6.07, 6.45) is 9.77. The first-order chi connectivity index (χ1) is 29.9. The van der Waals surface area contributed by atoms with Crippen molar-refractivity contribution in [1.82, 2.24) is 0 Å². The zero-order chi connectivity index (χ0) is 42.5. The maximum atomic E-state index is 2.80. The first-order valence-electron chi connectivity index (χ1n) is 23.4. The maximum absolute atomic E-state index is 2.80. The van der Waals surface area contributed by atoms with Crippen molar-refractivity contribution in [2.75, 3.05) is 9.80 Å². The smallest absolute Gasteiger partial charge is 0.252 e. The summed E-state index contributed by atoms with van der Waals surface area (Å²) in [6, 6.07) is 51.8. The molecule has 308 valence electrons. The maximum Gasteiger partial charge on any atom is 0.252 e. The molecule has 0 amide bonds. The molecule has 2 aliphatic heterocycles. The lowest BCUT2D eigenvalue weighted by Crippen LogP contribution is -2.62. The van der Waals surface area contributed by atoms with Gasteiger partial charge in [-0.15, -0.1) is 0 Å². The molecule has 0 spiro atoms. The van der Waals surface area contributed by atoms with Crippen LogP contribution in [0.4, 0.5) is 34.1 Å². The Morgan fingerprint density at radius 1 is 0.435 bits per heavy atom. The fourth-order valence-corrected chi connectivity index (χ4v) is 11.3. The average Bonchev–Trinajstić information content (AvgIpc) is 3.27. The number of nitrogens with zero attached hydrogens (tertiary/aromatic N) is 2. The van der Waals surface area contributed by atoms with E-state index >= 15 is 0 Å². The monoisotopic (exact) mass is 806 g/mol. The molecule has 4 aliphatic rings. The second-order valence-corrected chi connectivity index (χ2v) is 20.8. The number of aryl methyl sites for hydroxylation is 3. The van der Waals surface area contributed by atoms with Gasteiger partial charge in [0.2, 0.25) is 0 Å². The van der Waals surface area contributed by atoms with Gasteiger partial charge in [-0.05, 0) is 189 Å². The first-order valence-corrected chi connectivity index (χ1v) is 23.4. The minimum atomic E-state index is -0.0110. The van der Waals surface area contributed by atoms with E-state index in [0.29, 0.717) is 0 Å². The lowest BCUT2D eigenvalue weighted by molar-refractivity contribution is 0.590. The summed E-state index contributed by atoms with van der Waals surface area (Å²) in [5.41, 5.74) is 27.6. The van der Waals surface area contributed by atoms with Gasteiger partial charge in [0.25, 0.3) is 6.71 Å². The van der Waals surface area contributed by atoms with Crippen LogP contribution in [0.25, 0.3) is 22.3 Å². The van der Waals surface area contributed by atoms with Crippen LogP contribution in [-0.2, 0) is 36.5 Å². The third-order valence-corrected chi connectivity index (χ3v) is 14.5. The summed E-state index contributed by atoms with van der Waals surface area (Å²) in [6.45, 7) is 16.6. The summed E-state index contributed by atoms with van der Waals surface area (Å²) in [5, 5.41) is 0. The van der Waals surface area contributed by atoms with E-state index in [1.165, 1.54) is 128 Å². The molecule has 0 atom stereocenters. The molecule has 7 aromatic carbocycles. The largest absolute Gasteiger partial charge is 0.311 e. The number of hydrogen-bond acceptors (Lipinski definition) is 2. The molecule has 2 heterocycles. The van der Waals surface area contributed by atoms with E-state index in [9.17, 15) is 0 Å². The Morgan fingerprint density at radius 2 is 0.903 bits per heavy atom. The van der Waals surface area contributed by atoms with Gasteiger partial charge in [0.15, 0.2) is 0 Å². The number of anilines is 6. The quantitative estimate of drug-likeness (QED) is 0.164. The Bertz CT molecular complexity index is 2800. The Balaban J connectivity index is 1.26. The molecule has 0 unspecified atom stereocenters. The van der Waals surface area contributed by atoms with Crippen LogP contribution in [-0.4, -0.2) is 6.71 Å². The van der Waals surface area contributed by atoms with Crippen LogP contribution in [0, 0.1) is 6.92 Å². The van der Waals surface area contributed by atoms with Gasteiger partial charge in [0.05, 0.1) is 5.69 Å². The van der Waals surface area contributed by atoms with E-state index in [-0.39, 0.29) is 17.5 Å². The fraction of sp³-hybridized carbons (Fsp3) is 0.288. The Labute approximate surface area is 370 Å². The lowest BCUT2D eigenvalue weighted by atomic mass is 9.33.